The van der Waals surface area contributed by atoms with Gasteiger partial charge in [-0.3, -0.25) is 19.2 Å². The van der Waals surface area contributed by atoms with Gasteiger partial charge in [-0.05, 0) is 106 Å². The highest BCUT2D eigenvalue weighted by Crippen LogP contribution is 2.66. The lowest BCUT2D eigenvalue weighted by Gasteiger charge is -2.60. The van der Waals surface area contributed by atoms with E-state index in [-0.39, 0.29) is 53.0 Å². The van der Waals surface area contributed by atoms with Crippen molar-refractivity contribution in [3.05, 3.63) is 42.0 Å². The Kier molecular flexibility index (Phi) is 10.5. The maximum atomic E-state index is 13.6. The topological polar surface area (TPSA) is 119 Å². The highest BCUT2D eigenvalue weighted by molar-refractivity contribution is 6.00. The molecule has 50 heavy (non-hydrogen) atoms. The van der Waals surface area contributed by atoms with Crippen LogP contribution in [0.4, 0.5) is 10.5 Å². The van der Waals surface area contributed by atoms with Crippen molar-refractivity contribution in [1.82, 2.24) is 4.90 Å². The molecular formula is C41H58N2O7. The third-order valence-corrected chi connectivity index (χ3v) is 12.1. The van der Waals surface area contributed by atoms with Gasteiger partial charge in [0.05, 0.1) is 12.5 Å². The second-order valence-electron chi connectivity index (χ2n) is 18.2. The van der Waals surface area contributed by atoms with Crippen molar-refractivity contribution in [3.63, 3.8) is 0 Å². The number of rotatable bonds is 8. The van der Waals surface area contributed by atoms with E-state index in [9.17, 15) is 24.0 Å². The van der Waals surface area contributed by atoms with Gasteiger partial charge in [0.25, 0.3) is 5.91 Å². The average Bonchev–Trinajstić information content (AvgIpc) is 3.36. The molecule has 274 valence electrons. The molecule has 0 spiro atoms. The third kappa shape index (κ3) is 7.86. The first-order chi connectivity index (χ1) is 23.2. The van der Waals surface area contributed by atoms with Crippen LogP contribution in [0.5, 0.6) is 0 Å². The van der Waals surface area contributed by atoms with E-state index in [1.165, 1.54) is 4.90 Å². The van der Waals surface area contributed by atoms with Crippen LogP contribution in [0.25, 0.3) is 0 Å². The zero-order valence-electron chi connectivity index (χ0n) is 31.6. The quantitative estimate of drug-likeness (QED) is 0.273. The molecule has 4 aliphatic rings. The van der Waals surface area contributed by atoms with Gasteiger partial charge in [0.2, 0.25) is 5.91 Å². The average molecular weight is 691 g/mol. The van der Waals surface area contributed by atoms with Crippen LogP contribution >= 0.6 is 0 Å². The van der Waals surface area contributed by atoms with Crippen molar-refractivity contribution in [1.29, 1.82) is 0 Å². The molecule has 0 unspecified atom stereocenters. The molecule has 9 heteroatoms. The molecule has 1 N–H and O–H groups in total. The maximum Gasteiger partial charge on any atom is 0.417 e. The summed E-state index contributed by atoms with van der Waals surface area (Å²) < 4.78 is 11.1. The van der Waals surface area contributed by atoms with Crippen LogP contribution in [-0.2, 0) is 35.3 Å². The number of hydrogen-bond donors (Lipinski definition) is 1. The summed E-state index contributed by atoms with van der Waals surface area (Å²) in [6.45, 7) is 18.0. The molecule has 0 aromatic heterocycles. The summed E-state index contributed by atoms with van der Waals surface area (Å²) in [5.41, 5.74) is 0.295. The normalized spacial score (nSPS) is 31.2. The highest BCUT2D eigenvalue weighted by Gasteiger charge is 2.62. The number of ether oxygens (including phenoxy) is 2. The smallest absolute Gasteiger partial charge is 0.417 e. The van der Waals surface area contributed by atoms with Crippen molar-refractivity contribution >= 4 is 35.3 Å². The Bertz CT molecular complexity index is 1520. The Balaban J connectivity index is 1.19. The molecule has 3 aliphatic carbocycles. The minimum Gasteiger partial charge on any atom is -0.460 e. The number of carbonyl (C=O) groups excluding carboxylic acids is 5. The minimum absolute atomic E-state index is 0.0101. The molecule has 9 nitrogen and oxygen atoms in total. The number of Topliss-reactive ketones (excluding diaryl/α,β-unsaturated/α-hetero) is 1. The molecule has 1 aromatic rings. The van der Waals surface area contributed by atoms with Crippen LogP contribution in [0.2, 0.25) is 0 Å². The van der Waals surface area contributed by atoms with Crippen LogP contribution in [0.1, 0.15) is 119 Å². The number of carbonyl (C=O) groups is 5. The second kappa shape index (κ2) is 13.9. The fourth-order valence-corrected chi connectivity index (χ4v) is 9.78. The Morgan fingerprint density at radius 2 is 1.62 bits per heavy atom. The monoisotopic (exact) mass is 690 g/mol. The second-order valence-corrected chi connectivity index (χ2v) is 18.2. The molecular weight excluding hydrogens is 632 g/mol. The summed E-state index contributed by atoms with van der Waals surface area (Å²) in [7, 11) is 0. The predicted octanol–water partition coefficient (Wildman–Crippen LogP) is 8.26. The molecule has 3 fully saturated rings. The number of anilines is 1. The lowest BCUT2D eigenvalue weighted by Crippen LogP contribution is -2.62. The number of esters is 1. The van der Waals surface area contributed by atoms with Crippen LogP contribution in [0, 0.1) is 45.8 Å². The van der Waals surface area contributed by atoms with Gasteiger partial charge >= 0.3 is 12.1 Å². The van der Waals surface area contributed by atoms with Gasteiger partial charge in [0, 0.05) is 35.4 Å². The highest BCUT2D eigenvalue weighted by atomic mass is 16.6. The first kappa shape index (κ1) is 37.8. The summed E-state index contributed by atoms with van der Waals surface area (Å²) in [5.74, 6) is 0.147. The lowest BCUT2D eigenvalue weighted by atomic mass is 9.47. The van der Waals surface area contributed by atoms with E-state index in [1.54, 1.807) is 58.0 Å². The number of nitrogens with one attached hydrogen (secondary N) is 1. The zero-order valence-corrected chi connectivity index (χ0v) is 31.6. The third-order valence-electron chi connectivity index (χ3n) is 12.1. The van der Waals surface area contributed by atoms with E-state index in [1.807, 2.05) is 0 Å². The van der Waals surface area contributed by atoms with Gasteiger partial charge in [0.1, 0.15) is 18.0 Å². The standard InChI is InChI=1S/C41H58N2O7/c1-25(22-35(46)50-39(5,6)7)36(47)42-27-12-10-26(11-13-27)24-49-37(48)43-33-17-14-28-29-15-16-31(32(44)23-38(2,3)4)40(29,8)20-18-30(28)41(33,9)21-19-34(43)45/h10-13,19,21,25,28-31,33H,14-18,20,22-24H2,1-9H3,(H,42,47)/t25-,28-,29-,30-,31+,33+,40-,41+/m0/s1. The van der Waals surface area contributed by atoms with Crippen LogP contribution in [0.3, 0.4) is 0 Å². The van der Waals surface area contributed by atoms with Gasteiger partial charge in [-0.2, -0.15) is 0 Å². The number of nitrogens with zero attached hydrogens (tertiary/aromatic N) is 1. The summed E-state index contributed by atoms with van der Waals surface area (Å²) in [5, 5.41) is 2.82. The molecule has 3 saturated carbocycles. The number of amides is 3. The van der Waals surface area contributed by atoms with Gasteiger partial charge in [-0.1, -0.05) is 59.8 Å². The number of ketones is 1. The van der Waals surface area contributed by atoms with Crippen molar-refractivity contribution in [2.24, 2.45) is 45.8 Å². The number of hydrogen-bond acceptors (Lipinski definition) is 7. The van der Waals surface area contributed by atoms with Gasteiger partial charge < -0.3 is 14.8 Å². The van der Waals surface area contributed by atoms with E-state index >= 15 is 0 Å². The summed E-state index contributed by atoms with van der Waals surface area (Å²) in [6, 6.07) is 6.67. The Morgan fingerprint density at radius 3 is 2.26 bits per heavy atom. The summed E-state index contributed by atoms with van der Waals surface area (Å²) in [4.78, 5) is 66.5. The molecule has 1 aromatic carbocycles. The van der Waals surface area contributed by atoms with E-state index in [4.69, 9.17) is 9.47 Å². The lowest BCUT2D eigenvalue weighted by molar-refractivity contribution is -0.156. The molecule has 0 radical (unpaired) electrons. The Hall–Kier alpha value is -3.49. The van der Waals surface area contributed by atoms with E-state index in [2.05, 4.69) is 46.0 Å². The molecule has 0 saturated heterocycles. The van der Waals surface area contributed by atoms with Crippen LogP contribution < -0.4 is 5.32 Å². The van der Waals surface area contributed by atoms with E-state index in [0.29, 0.717) is 41.2 Å². The molecule has 5 rings (SSSR count). The van der Waals surface area contributed by atoms with Crippen LogP contribution in [-0.4, -0.2) is 46.2 Å². The minimum atomic E-state index is -0.642. The van der Waals surface area contributed by atoms with Crippen molar-refractivity contribution in [3.8, 4) is 0 Å². The number of fused-ring (bicyclic) bond motifs is 5. The maximum absolute atomic E-state index is 13.6. The van der Waals surface area contributed by atoms with Gasteiger partial charge in [-0.25, -0.2) is 9.69 Å². The van der Waals surface area contributed by atoms with Gasteiger partial charge in [-0.15, -0.1) is 0 Å². The molecule has 8 atom stereocenters. The Morgan fingerprint density at radius 1 is 0.940 bits per heavy atom. The first-order valence-corrected chi connectivity index (χ1v) is 18.6. The zero-order chi connectivity index (χ0) is 36.8. The van der Waals surface area contributed by atoms with Crippen LogP contribution in [0.15, 0.2) is 36.4 Å². The number of imide groups is 1. The fraction of sp³-hybridized carbons (Fsp3) is 0.683. The van der Waals surface area contributed by atoms with Gasteiger partial charge in [0.15, 0.2) is 0 Å². The largest absolute Gasteiger partial charge is 0.460 e. The first-order valence-electron chi connectivity index (χ1n) is 18.6. The Labute approximate surface area is 298 Å². The number of benzene rings is 1. The fourth-order valence-electron chi connectivity index (χ4n) is 9.78. The predicted molar refractivity (Wildman–Crippen MR) is 192 cm³/mol. The summed E-state index contributed by atoms with van der Waals surface area (Å²) in [6.07, 6.45) is 9.22. The molecule has 1 heterocycles. The van der Waals surface area contributed by atoms with E-state index in [0.717, 1.165) is 38.5 Å². The van der Waals surface area contributed by atoms with Crippen molar-refractivity contribution < 1.29 is 33.4 Å². The molecule has 3 amide bonds. The summed E-state index contributed by atoms with van der Waals surface area (Å²) >= 11 is 0. The molecule has 1 aliphatic heterocycles. The van der Waals surface area contributed by atoms with E-state index < -0.39 is 23.6 Å². The van der Waals surface area contributed by atoms with Crippen molar-refractivity contribution in [2.45, 2.75) is 132 Å². The SMILES string of the molecule is C[C@@H](CC(=O)OC(C)(C)C)C(=O)Nc1ccc(COC(=O)N2C(=O)C=C[C@]3(C)[C@H]4CC[C@]5(C)[C@@H](C(=O)CC(C)(C)C)CC[C@H]5[C@@H]4CC[C@@H]23)cc1. The van der Waals surface area contributed by atoms with Crippen molar-refractivity contribution in [2.75, 3.05) is 5.32 Å². The molecule has 0 bridgehead atoms.